The lowest BCUT2D eigenvalue weighted by Crippen LogP contribution is -2.41. The summed E-state index contributed by atoms with van der Waals surface area (Å²) in [6.45, 7) is 7.03. The van der Waals surface area contributed by atoms with E-state index in [0.29, 0.717) is 44.7 Å². The fourth-order valence-corrected chi connectivity index (χ4v) is 4.47. The molecule has 0 bridgehead atoms. The van der Waals surface area contributed by atoms with E-state index in [0.717, 1.165) is 38.9 Å². The fraction of sp³-hybridized carbons (Fsp3) is 0.560. The number of benzene rings is 1. The van der Waals surface area contributed by atoms with E-state index in [1.807, 2.05) is 11.8 Å². The van der Waals surface area contributed by atoms with Crippen LogP contribution in [0.5, 0.6) is 0 Å². The van der Waals surface area contributed by atoms with Crippen LogP contribution < -0.4 is 5.32 Å². The Morgan fingerprint density at radius 1 is 1.17 bits per heavy atom. The van der Waals surface area contributed by atoms with Crippen LogP contribution in [0, 0.1) is 5.82 Å². The fourth-order valence-electron chi connectivity index (χ4n) is 4.29. The molecule has 1 N–H and O–H groups in total. The Balaban J connectivity index is 1.38. The number of likely N-dealkylation sites (tertiary alicyclic amines) is 1. The molecule has 2 saturated heterocycles. The molecule has 0 spiro atoms. The number of nitrogens with one attached hydrogen (secondary N) is 1. The zero-order chi connectivity index (χ0) is 25.2. The highest BCUT2D eigenvalue weighted by Gasteiger charge is 2.24. The van der Waals surface area contributed by atoms with Gasteiger partial charge in [0.1, 0.15) is 11.9 Å². The lowest BCUT2D eigenvalue weighted by molar-refractivity contribution is -0.130. The summed E-state index contributed by atoms with van der Waals surface area (Å²) in [6, 6.07) is 4.28. The molecule has 2 fully saturated rings. The molecule has 0 atom stereocenters. The van der Waals surface area contributed by atoms with Crippen molar-refractivity contribution in [2.45, 2.75) is 38.7 Å². The number of hydrogen-bond acceptors (Lipinski definition) is 5. The van der Waals surface area contributed by atoms with Gasteiger partial charge in [-0.25, -0.2) is 9.18 Å². The van der Waals surface area contributed by atoms with Crippen molar-refractivity contribution in [2.24, 2.45) is 0 Å². The topological polar surface area (TPSA) is 82.2 Å². The molecular weight excluding hydrogens is 475 g/mol. The van der Waals surface area contributed by atoms with Crippen LogP contribution in [0.3, 0.4) is 0 Å². The average molecular weight is 509 g/mol. The Kier molecular flexibility index (Phi) is 10.3. The van der Waals surface area contributed by atoms with Gasteiger partial charge in [0.05, 0.1) is 5.02 Å². The predicted octanol–water partition coefficient (Wildman–Crippen LogP) is 3.15. The molecule has 0 aliphatic carbocycles. The van der Waals surface area contributed by atoms with Crippen molar-refractivity contribution in [3.05, 3.63) is 40.7 Å². The standard InChI is InChI=1S/C25H34ClFN4O4/c1-2-28-25(34)35-20-8-13-29(14-9-20)11-3-12-30-16-17-31(15-10-24(30)33)23(32)7-5-19-4-6-22(27)21(26)18-19/h4-7,18,20H,2-3,8-17H2,1H3,(H,28,34). The molecule has 192 valence electrons. The highest BCUT2D eigenvalue weighted by Crippen LogP contribution is 2.17. The Labute approximate surface area is 211 Å². The van der Waals surface area contributed by atoms with Gasteiger partial charge in [-0.3, -0.25) is 9.59 Å². The zero-order valence-corrected chi connectivity index (χ0v) is 20.9. The molecule has 3 rings (SSSR count). The van der Waals surface area contributed by atoms with Crippen molar-refractivity contribution in [3.8, 4) is 0 Å². The molecule has 8 nitrogen and oxygen atoms in total. The number of hydrogen-bond donors (Lipinski definition) is 1. The molecule has 2 aliphatic rings. The normalized spacial score (nSPS) is 18.1. The summed E-state index contributed by atoms with van der Waals surface area (Å²) in [5.41, 5.74) is 0.636. The van der Waals surface area contributed by atoms with Gasteiger partial charge in [0, 0.05) is 58.3 Å². The molecule has 2 aliphatic heterocycles. The number of nitrogens with zero attached hydrogens (tertiary/aromatic N) is 3. The summed E-state index contributed by atoms with van der Waals surface area (Å²) >= 11 is 5.79. The molecular formula is C25H34ClFN4O4. The molecule has 3 amide bonds. The number of rotatable bonds is 8. The number of piperidine rings is 1. The second-order valence-electron chi connectivity index (χ2n) is 8.79. The van der Waals surface area contributed by atoms with Gasteiger partial charge < -0.3 is 24.8 Å². The summed E-state index contributed by atoms with van der Waals surface area (Å²) in [6.07, 6.45) is 5.42. The van der Waals surface area contributed by atoms with Crippen LogP contribution in [-0.2, 0) is 14.3 Å². The van der Waals surface area contributed by atoms with E-state index in [-0.39, 0.29) is 29.0 Å². The van der Waals surface area contributed by atoms with E-state index in [1.54, 1.807) is 17.0 Å². The van der Waals surface area contributed by atoms with E-state index < -0.39 is 5.82 Å². The van der Waals surface area contributed by atoms with Crippen LogP contribution in [0.15, 0.2) is 24.3 Å². The van der Waals surface area contributed by atoms with Crippen LogP contribution in [0.1, 0.15) is 38.2 Å². The lowest BCUT2D eigenvalue weighted by atomic mass is 10.1. The summed E-state index contributed by atoms with van der Waals surface area (Å²) in [4.78, 5) is 42.6. The first-order chi connectivity index (χ1) is 16.9. The van der Waals surface area contributed by atoms with Crippen molar-refractivity contribution in [1.82, 2.24) is 20.0 Å². The van der Waals surface area contributed by atoms with Gasteiger partial charge in [0.2, 0.25) is 11.8 Å². The summed E-state index contributed by atoms with van der Waals surface area (Å²) in [7, 11) is 0. The van der Waals surface area contributed by atoms with Crippen LogP contribution in [0.25, 0.3) is 6.08 Å². The first kappa shape index (κ1) is 26.9. The monoisotopic (exact) mass is 508 g/mol. The van der Waals surface area contributed by atoms with Gasteiger partial charge in [-0.1, -0.05) is 17.7 Å². The van der Waals surface area contributed by atoms with E-state index in [4.69, 9.17) is 16.3 Å². The largest absolute Gasteiger partial charge is 0.446 e. The Hall–Kier alpha value is -2.65. The molecule has 0 aromatic heterocycles. The maximum atomic E-state index is 13.3. The van der Waals surface area contributed by atoms with Gasteiger partial charge in [-0.2, -0.15) is 0 Å². The van der Waals surface area contributed by atoms with Crippen molar-refractivity contribution in [1.29, 1.82) is 0 Å². The highest BCUT2D eigenvalue weighted by atomic mass is 35.5. The molecule has 0 radical (unpaired) electrons. The van der Waals surface area contributed by atoms with Gasteiger partial charge in [-0.15, -0.1) is 0 Å². The van der Waals surface area contributed by atoms with Crippen molar-refractivity contribution in [3.63, 3.8) is 0 Å². The molecule has 10 heteroatoms. The number of carbonyl (C=O) groups is 3. The first-order valence-electron chi connectivity index (χ1n) is 12.2. The van der Waals surface area contributed by atoms with Gasteiger partial charge in [-0.05, 0) is 56.5 Å². The maximum Gasteiger partial charge on any atom is 0.407 e. The number of alkyl carbamates (subject to hydrolysis) is 1. The van der Waals surface area contributed by atoms with E-state index in [9.17, 15) is 18.8 Å². The predicted molar refractivity (Wildman–Crippen MR) is 132 cm³/mol. The third-order valence-corrected chi connectivity index (χ3v) is 6.58. The minimum absolute atomic E-state index is 0.00712. The lowest BCUT2D eigenvalue weighted by Gasteiger charge is -2.32. The van der Waals surface area contributed by atoms with Crippen molar-refractivity contribution < 1.29 is 23.5 Å². The van der Waals surface area contributed by atoms with E-state index in [1.165, 1.54) is 18.2 Å². The smallest absolute Gasteiger partial charge is 0.407 e. The van der Waals surface area contributed by atoms with Crippen LogP contribution >= 0.6 is 11.6 Å². The molecule has 1 aromatic carbocycles. The third-order valence-electron chi connectivity index (χ3n) is 6.29. The molecule has 0 saturated carbocycles. The number of halogens is 2. The minimum atomic E-state index is -0.504. The molecule has 35 heavy (non-hydrogen) atoms. The van der Waals surface area contributed by atoms with E-state index in [2.05, 4.69) is 10.2 Å². The Bertz CT molecular complexity index is 921. The maximum absolute atomic E-state index is 13.3. The van der Waals surface area contributed by atoms with Gasteiger partial charge in [0.25, 0.3) is 0 Å². The van der Waals surface area contributed by atoms with Gasteiger partial charge in [0.15, 0.2) is 0 Å². The summed E-state index contributed by atoms with van der Waals surface area (Å²) in [5, 5.41) is 2.66. The molecule has 1 aromatic rings. The molecule has 2 heterocycles. The molecule has 0 unspecified atom stereocenters. The van der Waals surface area contributed by atoms with Crippen molar-refractivity contribution in [2.75, 3.05) is 52.4 Å². The quantitative estimate of drug-likeness (QED) is 0.545. The second kappa shape index (κ2) is 13.4. The average Bonchev–Trinajstić information content (AvgIpc) is 3.02. The second-order valence-corrected chi connectivity index (χ2v) is 9.20. The number of carbonyl (C=O) groups excluding carboxylic acids is 3. The first-order valence-corrected chi connectivity index (χ1v) is 12.6. The SMILES string of the molecule is CCNC(=O)OC1CCN(CCCN2CCN(C(=O)C=Cc3ccc(F)c(Cl)c3)CCC2=O)CC1. The highest BCUT2D eigenvalue weighted by molar-refractivity contribution is 6.30. The zero-order valence-electron chi connectivity index (χ0n) is 20.2. The Morgan fingerprint density at radius 3 is 2.66 bits per heavy atom. The summed E-state index contributed by atoms with van der Waals surface area (Å²) < 4.78 is 18.7. The number of ether oxygens (including phenoxy) is 1. The summed E-state index contributed by atoms with van der Waals surface area (Å²) in [5.74, 6) is -0.627. The van der Waals surface area contributed by atoms with Crippen LogP contribution in [-0.4, -0.2) is 91.1 Å². The minimum Gasteiger partial charge on any atom is -0.446 e. The van der Waals surface area contributed by atoms with Crippen LogP contribution in [0.2, 0.25) is 5.02 Å². The third kappa shape index (κ3) is 8.50. The van der Waals surface area contributed by atoms with Crippen molar-refractivity contribution >= 4 is 35.6 Å². The Morgan fingerprint density at radius 2 is 1.94 bits per heavy atom. The van der Waals surface area contributed by atoms with E-state index >= 15 is 0 Å². The number of amides is 3. The van der Waals surface area contributed by atoms with Gasteiger partial charge >= 0.3 is 6.09 Å². The van der Waals surface area contributed by atoms with Crippen LogP contribution in [0.4, 0.5) is 9.18 Å².